The fourth-order valence-corrected chi connectivity index (χ4v) is 2.52. The first-order chi connectivity index (χ1) is 6.20. The maximum atomic E-state index is 11.3. The summed E-state index contributed by atoms with van der Waals surface area (Å²) in [6.07, 6.45) is 4.21. The molecule has 0 unspecified atom stereocenters. The highest BCUT2D eigenvalue weighted by Gasteiger charge is 2.47. The van der Waals surface area contributed by atoms with Crippen LogP contribution in [0.5, 0.6) is 0 Å². The zero-order valence-corrected chi connectivity index (χ0v) is 7.79. The van der Waals surface area contributed by atoms with Crippen LogP contribution in [0.3, 0.4) is 0 Å². The number of ketones is 1. The number of rotatable bonds is 1. The maximum Gasteiger partial charge on any atom is 0.317 e. The molecule has 1 heterocycles. The molecule has 2 aliphatic rings. The number of fused-ring (bicyclic) bond motifs is 1. The highest BCUT2D eigenvalue weighted by atomic mass is 16.6. The van der Waals surface area contributed by atoms with Gasteiger partial charge in [-0.05, 0) is 26.2 Å². The van der Waals surface area contributed by atoms with E-state index in [4.69, 9.17) is 4.74 Å². The quantitative estimate of drug-likeness (QED) is 0.453. The molecule has 2 rings (SSSR count). The van der Waals surface area contributed by atoms with E-state index in [2.05, 4.69) is 0 Å². The van der Waals surface area contributed by atoms with Crippen molar-refractivity contribution in [2.45, 2.75) is 38.7 Å². The molecule has 0 radical (unpaired) electrons. The molecular formula is C10H14O3. The van der Waals surface area contributed by atoms with Gasteiger partial charge >= 0.3 is 5.97 Å². The van der Waals surface area contributed by atoms with Crippen LogP contribution in [-0.2, 0) is 14.3 Å². The number of Topliss-reactive ketones (excluding diaryl/α,β-unsaturated/α-hetero) is 1. The first-order valence-corrected chi connectivity index (χ1v) is 4.91. The lowest BCUT2D eigenvalue weighted by Gasteiger charge is -2.24. The fourth-order valence-electron chi connectivity index (χ4n) is 2.52. The van der Waals surface area contributed by atoms with E-state index in [1.54, 1.807) is 0 Å². The van der Waals surface area contributed by atoms with Crippen molar-refractivity contribution in [1.29, 1.82) is 0 Å². The molecule has 0 spiro atoms. The lowest BCUT2D eigenvalue weighted by molar-refractivity contribution is -0.146. The molecule has 0 aromatic heterocycles. The third-order valence-electron chi connectivity index (χ3n) is 3.14. The number of hydrogen-bond donors (Lipinski definition) is 0. The van der Waals surface area contributed by atoms with E-state index in [0.29, 0.717) is 0 Å². The standard InChI is InChI=1S/C10H14O3/c1-6(11)9-7-4-2-3-5-8(7)13-10(9)12/h7-9H,2-5H2,1H3/t7-,8+,9-/m0/s1. The summed E-state index contributed by atoms with van der Waals surface area (Å²) in [5.41, 5.74) is 0. The van der Waals surface area contributed by atoms with E-state index in [-0.39, 0.29) is 23.8 Å². The third kappa shape index (κ3) is 1.36. The van der Waals surface area contributed by atoms with Crippen LogP contribution in [0.4, 0.5) is 0 Å². The summed E-state index contributed by atoms with van der Waals surface area (Å²) in [6, 6.07) is 0. The number of esters is 1. The first kappa shape index (κ1) is 8.73. The number of carbonyl (C=O) groups excluding carboxylic acids is 2. The Balaban J connectivity index is 2.18. The molecular weight excluding hydrogens is 168 g/mol. The monoisotopic (exact) mass is 182 g/mol. The van der Waals surface area contributed by atoms with Crippen LogP contribution in [0, 0.1) is 11.8 Å². The van der Waals surface area contributed by atoms with Crippen LogP contribution < -0.4 is 0 Å². The average Bonchev–Trinajstić information content (AvgIpc) is 2.39. The summed E-state index contributed by atoms with van der Waals surface area (Å²) in [7, 11) is 0. The summed E-state index contributed by atoms with van der Waals surface area (Å²) < 4.78 is 5.18. The topological polar surface area (TPSA) is 43.4 Å². The van der Waals surface area contributed by atoms with Crippen LogP contribution in [0.2, 0.25) is 0 Å². The fraction of sp³-hybridized carbons (Fsp3) is 0.800. The van der Waals surface area contributed by atoms with Crippen molar-refractivity contribution in [3.63, 3.8) is 0 Å². The number of ether oxygens (including phenoxy) is 1. The maximum absolute atomic E-state index is 11.3. The molecule has 3 nitrogen and oxygen atoms in total. The van der Waals surface area contributed by atoms with Crippen LogP contribution in [0.1, 0.15) is 32.6 Å². The van der Waals surface area contributed by atoms with Gasteiger partial charge in [0.25, 0.3) is 0 Å². The second kappa shape index (κ2) is 3.13. The largest absolute Gasteiger partial charge is 0.461 e. The lowest BCUT2D eigenvalue weighted by Crippen LogP contribution is -2.28. The van der Waals surface area contributed by atoms with Crippen molar-refractivity contribution in [1.82, 2.24) is 0 Å². The SMILES string of the molecule is CC(=O)[C@@H]1C(=O)O[C@@H]2CCCC[C@H]12. The summed E-state index contributed by atoms with van der Waals surface area (Å²) in [5, 5.41) is 0. The molecule has 0 N–H and O–H groups in total. The summed E-state index contributed by atoms with van der Waals surface area (Å²) in [5.74, 6) is -0.590. The van der Waals surface area contributed by atoms with Gasteiger partial charge in [0.2, 0.25) is 0 Å². The molecule has 1 aliphatic carbocycles. The van der Waals surface area contributed by atoms with E-state index in [1.165, 1.54) is 6.92 Å². The predicted molar refractivity (Wildman–Crippen MR) is 46.0 cm³/mol. The van der Waals surface area contributed by atoms with Crippen molar-refractivity contribution in [2.24, 2.45) is 11.8 Å². The smallest absolute Gasteiger partial charge is 0.317 e. The van der Waals surface area contributed by atoms with Crippen molar-refractivity contribution in [3.05, 3.63) is 0 Å². The highest BCUT2D eigenvalue weighted by Crippen LogP contribution is 2.39. The molecule has 3 heteroatoms. The zero-order chi connectivity index (χ0) is 9.42. The van der Waals surface area contributed by atoms with Gasteiger partial charge in [-0.15, -0.1) is 0 Å². The third-order valence-corrected chi connectivity index (χ3v) is 3.14. The minimum Gasteiger partial charge on any atom is -0.461 e. The van der Waals surface area contributed by atoms with Gasteiger partial charge in [0.05, 0.1) is 0 Å². The van der Waals surface area contributed by atoms with Gasteiger partial charge in [0.15, 0.2) is 0 Å². The van der Waals surface area contributed by atoms with Crippen LogP contribution in [-0.4, -0.2) is 17.9 Å². The summed E-state index contributed by atoms with van der Waals surface area (Å²) >= 11 is 0. The molecule has 72 valence electrons. The Morgan fingerprint density at radius 3 is 2.77 bits per heavy atom. The molecule has 0 aromatic carbocycles. The Bertz CT molecular complexity index is 247. The van der Waals surface area contributed by atoms with Gasteiger partial charge in [0, 0.05) is 5.92 Å². The lowest BCUT2D eigenvalue weighted by atomic mass is 9.79. The van der Waals surface area contributed by atoms with Crippen molar-refractivity contribution >= 4 is 11.8 Å². The van der Waals surface area contributed by atoms with Gasteiger partial charge in [0.1, 0.15) is 17.8 Å². The first-order valence-electron chi connectivity index (χ1n) is 4.91. The molecule has 1 saturated heterocycles. The zero-order valence-electron chi connectivity index (χ0n) is 7.79. The second-order valence-electron chi connectivity index (χ2n) is 4.01. The Labute approximate surface area is 77.4 Å². The van der Waals surface area contributed by atoms with Gasteiger partial charge in [-0.3, -0.25) is 9.59 Å². The molecule has 1 aliphatic heterocycles. The van der Waals surface area contributed by atoms with Crippen LogP contribution in [0.15, 0.2) is 0 Å². The normalized spacial score (nSPS) is 38.2. The van der Waals surface area contributed by atoms with Crippen LogP contribution in [0.25, 0.3) is 0 Å². The minimum atomic E-state index is -0.453. The molecule has 0 amide bonds. The Morgan fingerprint density at radius 2 is 2.08 bits per heavy atom. The van der Waals surface area contributed by atoms with E-state index in [1.807, 2.05) is 0 Å². The van der Waals surface area contributed by atoms with Crippen molar-refractivity contribution < 1.29 is 14.3 Å². The van der Waals surface area contributed by atoms with Crippen molar-refractivity contribution in [3.8, 4) is 0 Å². The van der Waals surface area contributed by atoms with Gasteiger partial charge in [-0.1, -0.05) is 6.42 Å². The Hall–Kier alpha value is -0.860. The Morgan fingerprint density at radius 1 is 1.38 bits per heavy atom. The van der Waals surface area contributed by atoms with E-state index in [9.17, 15) is 9.59 Å². The average molecular weight is 182 g/mol. The Kier molecular flexibility index (Phi) is 2.10. The molecule has 13 heavy (non-hydrogen) atoms. The van der Waals surface area contributed by atoms with Gasteiger partial charge in [-0.25, -0.2) is 0 Å². The molecule has 0 bridgehead atoms. The van der Waals surface area contributed by atoms with Crippen molar-refractivity contribution in [2.75, 3.05) is 0 Å². The predicted octanol–water partition coefficient (Wildman–Crippen LogP) is 1.31. The highest BCUT2D eigenvalue weighted by molar-refractivity contribution is 5.99. The van der Waals surface area contributed by atoms with E-state index < -0.39 is 5.92 Å². The van der Waals surface area contributed by atoms with E-state index >= 15 is 0 Å². The molecule has 1 saturated carbocycles. The molecule has 0 aromatic rings. The minimum absolute atomic E-state index is 0.0283. The molecule has 2 fully saturated rings. The van der Waals surface area contributed by atoms with Gasteiger partial charge in [-0.2, -0.15) is 0 Å². The summed E-state index contributed by atoms with van der Waals surface area (Å²) in [4.78, 5) is 22.5. The van der Waals surface area contributed by atoms with E-state index in [0.717, 1.165) is 25.7 Å². The number of hydrogen-bond acceptors (Lipinski definition) is 3. The second-order valence-corrected chi connectivity index (χ2v) is 4.01. The molecule has 3 atom stereocenters. The summed E-state index contributed by atoms with van der Waals surface area (Å²) in [6.45, 7) is 1.49. The number of carbonyl (C=O) groups is 2. The van der Waals surface area contributed by atoms with Crippen LogP contribution >= 0.6 is 0 Å². The van der Waals surface area contributed by atoms with Gasteiger partial charge < -0.3 is 4.74 Å².